The number of nitrogens with one attached hydrogen (secondary N) is 1. The molecule has 2 aromatic rings. The highest BCUT2D eigenvalue weighted by Gasteiger charge is 2.75. The van der Waals surface area contributed by atoms with Gasteiger partial charge in [-0.15, -0.1) is 0 Å². The summed E-state index contributed by atoms with van der Waals surface area (Å²) in [4.78, 5) is 56.7. The summed E-state index contributed by atoms with van der Waals surface area (Å²) in [6, 6.07) is 15.6. The number of amides is 1. The molecule has 13 heteroatoms. The Hall–Kier alpha value is -4.40. The maximum absolute atomic E-state index is 15.4. The third-order valence-corrected chi connectivity index (χ3v) is 13.5. The number of aliphatic hydroxyl groups is 2. The third kappa shape index (κ3) is 6.41. The van der Waals surface area contributed by atoms with Crippen molar-refractivity contribution in [1.82, 2.24) is 5.32 Å². The van der Waals surface area contributed by atoms with Crippen LogP contribution in [0.5, 0.6) is 0 Å². The van der Waals surface area contributed by atoms with Crippen LogP contribution >= 0.6 is 0 Å². The molecule has 12 atom stereocenters. The molecule has 0 spiro atoms. The molecule has 1 heterocycles. The zero-order valence-corrected chi connectivity index (χ0v) is 34.6. The highest BCUT2D eigenvalue weighted by Crippen LogP contribution is 2.69. The average molecular weight is 802 g/mol. The highest BCUT2D eigenvalue weighted by molar-refractivity contribution is 5.95. The number of alkyl carbamates (subject to hydrolysis) is 1. The van der Waals surface area contributed by atoms with Gasteiger partial charge in [0.05, 0.1) is 35.8 Å². The maximum Gasteiger partial charge on any atom is 0.408 e. The van der Waals surface area contributed by atoms with E-state index in [0.717, 1.165) is 0 Å². The number of aliphatic hydroxyl groups excluding tert-OH is 1. The zero-order chi connectivity index (χ0) is 42.2. The Morgan fingerprint density at radius 1 is 0.948 bits per heavy atom. The number of carbonyl (C=O) groups is 4. The fraction of sp³-hybridized carbons (Fsp3) is 0.556. The van der Waals surface area contributed by atoms with Gasteiger partial charge in [-0.1, -0.05) is 61.5 Å². The van der Waals surface area contributed by atoms with Crippen LogP contribution in [-0.2, 0) is 38.0 Å². The highest BCUT2D eigenvalue weighted by atomic mass is 16.6. The van der Waals surface area contributed by atoms with Gasteiger partial charge in [-0.3, -0.25) is 4.79 Å². The summed E-state index contributed by atoms with van der Waals surface area (Å²) in [5, 5.41) is 27.7. The van der Waals surface area contributed by atoms with Gasteiger partial charge >= 0.3 is 18.0 Å². The summed E-state index contributed by atoms with van der Waals surface area (Å²) in [5.74, 6) is -2.72. The first-order chi connectivity index (χ1) is 27.2. The standard InChI is InChI=1S/C45H55NO12/c1-24-28(56-39(50)33(47)32(25-16-12-10-13-17-25)46-40(51)58-41(2,3)4)22-45(52)37(57-38(49)26-18-14-11-15-19-26)27-21-43(45,6)31(24)34(54-9)36(48)44(7)30(53-8)20-29-42(5,23-55-29)35(27)44/h10-19,21,28-30,32-35,37,47,52H,20,22-23H2,1-9H3,(H,46,51)/t28-,29+,30-,32-,33+,34+,35+,37-,42+,43?,44+,45+/m0/s1. The van der Waals surface area contributed by atoms with Crippen LogP contribution in [0, 0.1) is 22.2 Å². The fourth-order valence-electron chi connectivity index (χ4n) is 10.7. The number of Topliss-reactive ketones (excluding diaryl/α,β-unsaturated/α-hetero) is 1. The van der Waals surface area contributed by atoms with Crippen LogP contribution in [0.15, 0.2) is 83.5 Å². The molecule has 1 aliphatic heterocycles. The molecule has 2 fully saturated rings. The number of hydrogen-bond acceptors (Lipinski definition) is 12. The Bertz CT molecular complexity index is 2030. The minimum atomic E-state index is -2.00. The predicted octanol–water partition coefficient (Wildman–Crippen LogP) is 5.19. The number of ether oxygens (including phenoxy) is 6. The lowest BCUT2D eigenvalue weighted by atomic mass is 9.47. The van der Waals surface area contributed by atoms with E-state index in [4.69, 9.17) is 28.4 Å². The van der Waals surface area contributed by atoms with Gasteiger partial charge in [0.1, 0.15) is 23.4 Å². The first-order valence-electron chi connectivity index (χ1n) is 19.8. The van der Waals surface area contributed by atoms with Crippen LogP contribution in [0.3, 0.4) is 0 Å². The normalized spacial score (nSPS) is 36.1. The molecule has 1 unspecified atom stereocenters. The largest absolute Gasteiger partial charge is 0.456 e. The van der Waals surface area contributed by atoms with Crippen molar-refractivity contribution in [2.75, 3.05) is 20.8 Å². The number of hydrogen-bond donors (Lipinski definition) is 3. The summed E-state index contributed by atoms with van der Waals surface area (Å²) in [7, 11) is 2.98. The van der Waals surface area contributed by atoms with E-state index in [1.165, 1.54) is 7.11 Å². The maximum atomic E-state index is 15.4. The summed E-state index contributed by atoms with van der Waals surface area (Å²) < 4.78 is 36.4. The molecule has 1 saturated carbocycles. The molecular formula is C45H55NO12. The second kappa shape index (κ2) is 14.7. The number of methoxy groups -OCH3 is 2. The number of ketones is 1. The number of esters is 2. The molecule has 1 saturated heterocycles. The monoisotopic (exact) mass is 801 g/mol. The first kappa shape index (κ1) is 41.7. The third-order valence-electron chi connectivity index (χ3n) is 13.5. The molecular weight excluding hydrogens is 746 g/mol. The average Bonchev–Trinajstić information content (AvgIpc) is 3.39. The fourth-order valence-corrected chi connectivity index (χ4v) is 10.7. The molecule has 0 aromatic heterocycles. The lowest BCUT2D eigenvalue weighted by Crippen LogP contribution is -2.70. The molecule has 312 valence electrons. The number of benzene rings is 2. The van der Waals surface area contributed by atoms with E-state index in [0.29, 0.717) is 35.3 Å². The van der Waals surface area contributed by atoms with E-state index >= 15 is 4.79 Å². The van der Waals surface area contributed by atoms with E-state index in [2.05, 4.69) is 12.2 Å². The second-order valence-corrected chi connectivity index (χ2v) is 18.1. The van der Waals surface area contributed by atoms with E-state index in [1.54, 1.807) is 102 Å². The molecule has 2 bridgehead atoms. The van der Waals surface area contributed by atoms with Crippen LogP contribution in [0.25, 0.3) is 0 Å². The van der Waals surface area contributed by atoms with Crippen molar-refractivity contribution in [1.29, 1.82) is 0 Å². The molecule has 4 aliphatic carbocycles. The number of fused-ring (bicyclic) bond motifs is 4. The molecule has 7 rings (SSSR count). The smallest absolute Gasteiger partial charge is 0.408 e. The second-order valence-electron chi connectivity index (χ2n) is 18.1. The summed E-state index contributed by atoms with van der Waals surface area (Å²) in [6.07, 6.45) is -5.45. The minimum absolute atomic E-state index is 0.260. The molecule has 1 amide bonds. The minimum Gasteiger partial charge on any atom is -0.456 e. The Kier molecular flexibility index (Phi) is 10.6. The van der Waals surface area contributed by atoms with Gasteiger partial charge in [-0.2, -0.15) is 0 Å². The number of carbonyl (C=O) groups excluding carboxylic acids is 4. The van der Waals surface area contributed by atoms with Crippen molar-refractivity contribution >= 4 is 23.8 Å². The van der Waals surface area contributed by atoms with Gasteiger partial charge in [0.15, 0.2) is 18.0 Å². The lowest BCUT2D eigenvalue weighted by Gasteiger charge is -2.63. The quantitative estimate of drug-likeness (QED) is 0.172. The van der Waals surface area contributed by atoms with Gasteiger partial charge in [-0.25, -0.2) is 14.4 Å². The summed E-state index contributed by atoms with van der Waals surface area (Å²) >= 11 is 0. The van der Waals surface area contributed by atoms with Crippen molar-refractivity contribution in [3.05, 3.63) is 94.6 Å². The van der Waals surface area contributed by atoms with Crippen molar-refractivity contribution in [3.8, 4) is 0 Å². The zero-order valence-electron chi connectivity index (χ0n) is 34.6. The summed E-state index contributed by atoms with van der Waals surface area (Å²) in [5.41, 5.74) is -4.09. The Morgan fingerprint density at radius 2 is 1.59 bits per heavy atom. The van der Waals surface area contributed by atoms with Crippen LogP contribution in [0.4, 0.5) is 4.79 Å². The van der Waals surface area contributed by atoms with Crippen molar-refractivity contribution < 1.29 is 57.8 Å². The van der Waals surface area contributed by atoms with Gasteiger partial charge in [0.2, 0.25) is 0 Å². The van der Waals surface area contributed by atoms with E-state index in [9.17, 15) is 24.6 Å². The van der Waals surface area contributed by atoms with Crippen LogP contribution in [0.2, 0.25) is 0 Å². The van der Waals surface area contributed by atoms with Crippen molar-refractivity contribution in [2.24, 2.45) is 22.2 Å². The molecule has 58 heavy (non-hydrogen) atoms. The van der Waals surface area contributed by atoms with E-state index in [1.807, 2.05) is 13.0 Å². The molecule has 2 aromatic carbocycles. The van der Waals surface area contributed by atoms with Gasteiger partial charge < -0.3 is 44.0 Å². The topological polar surface area (TPSA) is 176 Å². The molecule has 13 nitrogen and oxygen atoms in total. The van der Waals surface area contributed by atoms with Gasteiger partial charge in [0, 0.05) is 43.8 Å². The van der Waals surface area contributed by atoms with Crippen LogP contribution < -0.4 is 5.32 Å². The SMILES string of the molecule is CO[C@H]1C(=O)[C@]2(C)[C@@H](OC)C[C@H]3OC[C@@]3(C)[C@H]2C2=CC3(C)C1=C(C)[C@@H](OC(=O)[C@H](O)[C@@H](NC(=O)OC(C)(C)C)c1ccccc1)C[C@@]3(O)[C@H]2OC(=O)c1ccccc1. The van der Waals surface area contributed by atoms with Crippen molar-refractivity contribution in [3.63, 3.8) is 0 Å². The molecule has 0 radical (unpaired) electrons. The van der Waals surface area contributed by atoms with Crippen LogP contribution in [-0.4, -0.2) is 103 Å². The van der Waals surface area contributed by atoms with E-state index < -0.39 is 88.0 Å². The first-order valence-corrected chi connectivity index (χ1v) is 19.8. The predicted molar refractivity (Wildman–Crippen MR) is 209 cm³/mol. The van der Waals surface area contributed by atoms with E-state index in [-0.39, 0.29) is 23.9 Å². The van der Waals surface area contributed by atoms with Gasteiger partial charge in [-0.05, 0) is 76.0 Å². The number of rotatable bonds is 9. The lowest BCUT2D eigenvalue weighted by molar-refractivity contribution is -0.270. The Balaban J connectivity index is 1.34. The molecule has 3 N–H and O–H groups in total. The summed E-state index contributed by atoms with van der Waals surface area (Å²) in [6.45, 7) is 12.8. The van der Waals surface area contributed by atoms with Crippen molar-refractivity contribution in [2.45, 2.75) is 115 Å². The Morgan fingerprint density at radius 3 is 2.16 bits per heavy atom. The van der Waals surface area contributed by atoms with Gasteiger partial charge in [0.25, 0.3) is 0 Å². The molecule has 5 aliphatic rings. The Labute approximate surface area is 339 Å². The van der Waals surface area contributed by atoms with Crippen LogP contribution in [0.1, 0.15) is 83.3 Å².